The second kappa shape index (κ2) is 15.6. The van der Waals surface area contributed by atoms with Crippen LogP contribution in [0.1, 0.15) is 110 Å². The molecule has 6 heteroatoms. The van der Waals surface area contributed by atoms with Crippen LogP contribution in [-0.2, 0) is 19.4 Å². The Morgan fingerprint density at radius 2 is 1.16 bits per heavy atom. The Bertz CT molecular complexity index is 420. The third-order valence-corrected chi connectivity index (χ3v) is 4.96. The Kier molecular flexibility index (Phi) is 15.2. The second-order valence-electron chi connectivity index (χ2n) is 7.12. The monoisotopic (exact) mass is 378 g/mol. The van der Waals surface area contributed by atoms with Crippen molar-refractivity contribution in [3.8, 4) is 0 Å². The maximum Gasteiger partial charge on any atom is 0.448 e. The van der Waals surface area contributed by atoms with Crippen molar-refractivity contribution < 1.29 is 21.9 Å². The number of carbonyl (C=O) groups excluding carboxylic acids is 1. The van der Waals surface area contributed by atoms with Crippen molar-refractivity contribution in [2.24, 2.45) is 5.92 Å². The van der Waals surface area contributed by atoms with Gasteiger partial charge in [0.15, 0.2) is 0 Å². The van der Waals surface area contributed by atoms with Gasteiger partial charge in [-0.1, -0.05) is 104 Å². The van der Waals surface area contributed by atoms with Gasteiger partial charge >= 0.3 is 16.4 Å². The number of unbranched alkanes of at least 4 members (excludes halogenated alkanes) is 13. The van der Waals surface area contributed by atoms with Crippen molar-refractivity contribution >= 4 is 16.4 Å². The molecule has 0 radical (unpaired) electrons. The molecule has 0 saturated carbocycles. The highest BCUT2D eigenvalue weighted by Gasteiger charge is 2.19. The predicted octanol–water partition coefficient (Wildman–Crippen LogP) is 5.84. The summed E-state index contributed by atoms with van der Waals surface area (Å²) in [5, 5.41) is 0. The molecule has 150 valence electrons. The minimum absolute atomic E-state index is 0.501. The summed E-state index contributed by atoms with van der Waals surface area (Å²) in [6.07, 6.45) is 18.4. The Labute approximate surface area is 154 Å². The average Bonchev–Trinajstić information content (AvgIpc) is 2.53. The molecule has 0 rings (SSSR count). The highest BCUT2D eigenvalue weighted by Crippen LogP contribution is 2.15. The van der Waals surface area contributed by atoms with Gasteiger partial charge in [0.1, 0.15) is 0 Å². The van der Waals surface area contributed by atoms with Crippen LogP contribution in [0, 0.1) is 5.92 Å². The molecule has 0 aliphatic carbocycles. The van der Waals surface area contributed by atoms with E-state index in [1.165, 1.54) is 70.6 Å². The fourth-order valence-corrected chi connectivity index (χ4v) is 3.32. The highest BCUT2D eigenvalue weighted by atomic mass is 32.3. The number of hydrogen-bond acceptors (Lipinski definition) is 4. The molecule has 1 unspecified atom stereocenters. The van der Waals surface area contributed by atoms with Crippen LogP contribution in [0.2, 0.25) is 0 Å². The Morgan fingerprint density at radius 1 is 0.800 bits per heavy atom. The smallest absolute Gasteiger partial charge is 0.325 e. The van der Waals surface area contributed by atoms with Gasteiger partial charge in [0.2, 0.25) is 0 Å². The molecule has 0 aromatic carbocycles. The van der Waals surface area contributed by atoms with Gasteiger partial charge in [0, 0.05) is 0 Å². The molecule has 0 aromatic heterocycles. The molecule has 0 fully saturated rings. The van der Waals surface area contributed by atoms with Crippen LogP contribution in [-0.4, -0.2) is 18.9 Å². The van der Waals surface area contributed by atoms with Gasteiger partial charge in [-0.15, -0.1) is 0 Å². The third kappa shape index (κ3) is 18.0. The zero-order valence-corrected chi connectivity index (χ0v) is 17.0. The maximum atomic E-state index is 11.4. The molecule has 1 atom stereocenters. The molecule has 0 aliphatic rings. The van der Waals surface area contributed by atoms with Crippen molar-refractivity contribution in [1.82, 2.24) is 0 Å². The molecule has 0 heterocycles. The van der Waals surface area contributed by atoms with E-state index >= 15 is 0 Å². The van der Waals surface area contributed by atoms with E-state index in [2.05, 4.69) is 11.1 Å². The summed E-state index contributed by atoms with van der Waals surface area (Å²) in [7, 11) is -4.68. The first-order chi connectivity index (χ1) is 11.9. The van der Waals surface area contributed by atoms with Gasteiger partial charge in [-0.3, -0.25) is 9.35 Å². The van der Waals surface area contributed by atoms with Crippen LogP contribution in [0.5, 0.6) is 0 Å². The van der Waals surface area contributed by atoms with E-state index in [-0.39, 0.29) is 0 Å². The lowest BCUT2D eigenvalue weighted by atomic mass is 10.0. The van der Waals surface area contributed by atoms with Crippen molar-refractivity contribution in [3.63, 3.8) is 0 Å². The van der Waals surface area contributed by atoms with Crippen LogP contribution >= 0.6 is 0 Å². The van der Waals surface area contributed by atoms with Gasteiger partial charge in [0.25, 0.3) is 0 Å². The summed E-state index contributed by atoms with van der Waals surface area (Å²) in [5.74, 6) is -1.38. The molecule has 25 heavy (non-hydrogen) atoms. The fraction of sp³-hybridized carbons (Fsp3) is 0.947. The summed E-state index contributed by atoms with van der Waals surface area (Å²) in [6.45, 7) is 3.87. The molecule has 0 saturated heterocycles. The summed E-state index contributed by atoms with van der Waals surface area (Å²) in [6, 6.07) is 0. The zero-order chi connectivity index (χ0) is 19.0. The maximum absolute atomic E-state index is 11.4. The largest absolute Gasteiger partial charge is 0.448 e. The van der Waals surface area contributed by atoms with Crippen LogP contribution in [0.4, 0.5) is 0 Å². The molecular formula is C19H38O5S. The van der Waals surface area contributed by atoms with Crippen molar-refractivity contribution in [1.29, 1.82) is 0 Å². The van der Waals surface area contributed by atoms with Crippen molar-refractivity contribution in [2.45, 2.75) is 110 Å². The normalized spacial score (nSPS) is 12.9. The zero-order valence-electron chi connectivity index (χ0n) is 16.2. The van der Waals surface area contributed by atoms with Gasteiger partial charge < -0.3 is 4.18 Å². The Balaban J connectivity index is 3.32. The molecule has 0 bridgehead atoms. The molecule has 0 aliphatic heterocycles. The summed E-state index contributed by atoms with van der Waals surface area (Å²) >= 11 is 0. The second-order valence-corrected chi connectivity index (χ2v) is 8.14. The van der Waals surface area contributed by atoms with Crippen molar-refractivity contribution in [3.05, 3.63) is 0 Å². The molecule has 0 spiro atoms. The van der Waals surface area contributed by atoms with Crippen molar-refractivity contribution in [2.75, 3.05) is 0 Å². The first-order valence-electron chi connectivity index (χ1n) is 10.1. The lowest BCUT2D eigenvalue weighted by Crippen LogP contribution is -2.18. The van der Waals surface area contributed by atoms with Gasteiger partial charge in [0.05, 0.1) is 5.92 Å². The van der Waals surface area contributed by atoms with E-state index in [1.807, 2.05) is 0 Å². The average molecular weight is 379 g/mol. The van der Waals surface area contributed by atoms with Gasteiger partial charge in [-0.25, -0.2) is 0 Å². The third-order valence-electron chi connectivity index (χ3n) is 4.58. The first-order valence-corrected chi connectivity index (χ1v) is 11.4. The van der Waals surface area contributed by atoms with Crippen LogP contribution < -0.4 is 0 Å². The van der Waals surface area contributed by atoms with E-state index in [4.69, 9.17) is 4.55 Å². The molecule has 1 N–H and O–H groups in total. The Morgan fingerprint density at radius 3 is 1.52 bits per heavy atom. The standard InChI is InChI=1S/C19H38O5S/c1-3-4-5-6-7-8-9-10-11-12-13-14-15-16-17-18(2)19(20)24-25(21,22)23/h18H,3-17H2,1-2H3,(H,21,22,23). The molecule has 0 aromatic rings. The van der Waals surface area contributed by atoms with Crippen LogP contribution in [0.25, 0.3) is 0 Å². The predicted molar refractivity (Wildman–Crippen MR) is 102 cm³/mol. The summed E-state index contributed by atoms with van der Waals surface area (Å²) in [5.41, 5.74) is 0. The molecule has 5 nitrogen and oxygen atoms in total. The molecular weight excluding hydrogens is 340 g/mol. The quantitative estimate of drug-likeness (QED) is 0.254. The number of hydrogen-bond donors (Lipinski definition) is 1. The highest BCUT2D eigenvalue weighted by molar-refractivity contribution is 7.81. The first kappa shape index (κ1) is 24.4. The van der Waals surface area contributed by atoms with Gasteiger partial charge in [-0.05, 0) is 6.42 Å². The Hall–Kier alpha value is -0.620. The van der Waals surface area contributed by atoms with E-state index in [0.29, 0.717) is 6.42 Å². The minimum Gasteiger partial charge on any atom is -0.325 e. The summed E-state index contributed by atoms with van der Waals surface area (Å²) < 4.78 is 33.3. The van der Waals surface area contributed by atoms with E-state index in [9.17, 15) is 13.2 Å². The molecule has 0 amide bonds. The van der Waals surface area contributed by atoms with Crippen LogP contribution in [0.15, 0.2) is 0 Å². The van der Waals surface area contributed by atoms with E-state index in [0.717, 1.165) is 19.3 Å². The minimum atomic E-state index is -4.68. The van der Waals surface area contributed by atoms with Crippen LogP contribution in [0.3, 0.4) is 0 Å². The van der Waals surface area contributed by atoms with Gasteiger partial charge in [-0.2, -0.15) is 8.42 Å². The summed E-state index contributed by atoms with van der Waals surface area (Å²) in [4.78, 5) is 11.4. The number of rotatable bonds is 17. The van der Waals surface area contributed by atoms with E-state index < -0.39 is 22.3 Å². The topological polar surface area (TPSA) is 80.7 Å². The lowest BCUT2D eigenvalue weighted by Gasteiger charge is -2.08. The van der Waals surface area contributed by atoms with E-state index in [1.54, 1.807) is 6.92 Å². The SMILES string of the molecule is CCCCCCCCCCCCCCCCC(C)C(=O)OS(=O)(=O)O. The lowest BCUT2D eigenvalue weighted by molar-refractivity contribution is -0.138. The fourth-order valence-electron chi connectivity index (χ4n) is 2.95. The number of carbonyl (C=O) groups is 1.